The second-order valence-electron chi connectivity index (χ2n) is 5.43. The zero-order valence-corrected chi connectivity index (χ0v) is 12.6. The lowest BCUT2D eigenvalue weighted by atomic mass is 10.2. The van der Waals surface area contributed by atoms with Crippen LogP contribution in [0.25, 0.3) is 0 Å². The van der Waals surface area contributed by atoms with Gasteiger partial charge < -0.3 is 5.32 Å². The maximum atomic E-state index is 4.55. The molecule has 1 N–H and O–H groups in total. The molecular formula is C14H24N6. The number of aromatic nitrogens is 5. The van der Waals surface area contributed by atoms with E-state index in [1.807, 2.05) is 21.6 Å². The van der Waals surface area contributed by atoms with Crippen molar-refractivity contribution in [2.45, 2.75) is 46.8 Å². The highest BCUT2D eigenvalue weighted by Crippen LogP contribution is 2.04. The predicted molar refractivity (Wildman–Crippen MR) is 78.2 cm³/mol. The molecule has 0 amide bonds. The summed E-state index contributed by atoms with van der Waals surface area (Å²) >= 11 is 0. The minimum Gasteiger partial charge on any atom is -0.311 e. The first kappa shape index (κ1) is 14.7. The highest BCUT2D eigenvalue weighted by molar-refractivity contribution is 5.00. The van der Waals surface area contributed by atoms with Gasteiger partial charge in [0.05, 0.1) is 5.69 Å². The van der Waals surface area contributed by atoms with Gasteiger partial charge in [0.1, 0.15) is 18.7 Å². The molecule has 0 aliphatic rings. The Kier molecular flexibility index (Phi) is 5.29. The fourth-order valence-corrected chi connectivity index (χ4v) is 2.03. The first-order chi connectivity index (χ1) is 9.69. The molecule has 2 aromatic heterocycles. The standard InChI is InChI=1S/C14H24N6/c1-4-6-15-8-13-5-7-19(18-13)10-14-16-11-17-20(14)9-12(2)3/h5,7,11-12,15H,4,6,8-10H2,1-3H3. The van der Waals surface area contributed by atoms with E-state index in [1.54, 1.807) is 6.33 Å². The fourth-order valence-electron chi connectivity index (χ4n) is 2.03. The minimum atomic E-state index is 0.557. The van der Waals surface area contributed by atoms with E-state index < -0.39 is 0 Å². The summed E-state index contributed by atoms with van der Waals surface area (Å²) in [4.78, 5) is 4.32. The summed E-state index contributed by atoms with van der Waals surface area (Å²) in [6, 6.07) is 2.05. The minimum absolute atomic E-state index is 0.557. The lowest BCUT2D eigenvalue weighted by Crippen LogP contribution is -2.15. The van der Waals surface area contributed by atoms with Crippen molar-refractivity contribution < 1.29 is 0 Å². The molecule has 0 spiro atoms. The van der Waals surface area contributed by atoms with Gasteiger partial charge in [-0.05, 0) is 24.9 Å². The number of nitrogens with zero attached hydrogens (tertiary/aromatic N) is 5. The molecule has 0 aliphatic heterocycles. The fraction of sp³-hybridized carbons (Fsp3) is 0.643. The number of nitrogens with one attached hydrogen (secondary N) is 1. The highest BCUT2D eigenvalue weighted by atomic mass is 15.4. The van der Waals surface area contributed by atoms with Gasteiger partial charge in [-0.3, -0.25) is 4.68 Å². The smallest absolute Gasteiger partial charge is 0.148 e. The Morgan fingerprint density at radius 2 is 2.20 bits per heavy atom. The quantitative estimate of drug-likeness (QED) is 0.745. The molecule has 0 atom stereocenters. The second-order valence-corrected chi connectivity index (χ2v) is 5.43. The van der Waals surface area contributed by atoms with Gasteiger partial charge in [0.25, 0.3) is 0 Å². The van der Waals surface area contributed by atoms with Gasteiger partial charge >= 0.3 is 0 Å². The van der Waals surface area contributed by atoms with Gasteiger partial charge in [-0.15, -0.1) is 0 Å². The molecule has 0 fully saturated rings. The third-order valence-corrected chi connectivity index (χ3v) is 2.97. The summed E-state index contributed by atoms with van der Waals surface area (Å²) in [5, 5.41) is 12.2. The van der Waals surface area contributed by atoms with Crippen LogP contribution < -0.4 is 5.32 Å². The molecule has 2 heterocycles. The van der Waals surface area contributed by atoms with E-state index >= 15 is 0 Å². The summed E-state index contributed by atoms with van der Waals surface area (Å²) in [5.41, 5.74) is 1.06. The van der Waals surface area contributed by atoms with Crippen LogP contribution >= 0.6 is 0 Å². The van der Waals surface area contributed by atoms with Crippen LogP contribution in [0, 0.1) is 5.92 Å². The lowest BCUT2D eigenvalue weighted by molar-refractivity contribution is 0.455. The van der Waals surface area contributed by atoms with E-state index in [9.17, 15) is 0 Å². The van der Waals surface area contributed by atoms with Crippen molar-refractivity contribution in [3.05, 3.63) is 30.1 Å². The van der Waals surface area contributed by atoms with Crippen molar-refractivity contribution in [2.75, 3.05) is 6.54 Å². The van der Waals surface area contributed by atoms with Crippen LogP contribution in [0.1, 0.15) is 38.7 Å². The largest absolute Gasteiger partial charge is 0.311 e. The number of hydrogen-bond acceptors (Lipinski definition) is 4. The average molecular weight is 276 g/mol. The highest BCUT2D eigenvalue weighted by Gasteiger charge is 2.08. The van der Waals surface area contributed by atoms with Gasteiger partial charge in [0.15, 0.2) is 0 Å². The van der Waals surface area contributed by atoms with Crippen molar-refractivity contribution in [2.24, 2.45) is 5.92 Å². The van der Waals surface area contributed by atoms with E-state index in [4.69, 9.17) is 0 Å². The van der Waals surface area contributed by atoms with Crippen molar-refractivity contribution in [1.82, 2.24) is 29.9 Å². The molecule has 0 aromatic carbocycles. The first-order valence-corrected chi connectivity index (χ1v) is 7.28. The monoisotopic (exact) mass is 276 g/mol. The van der Waals surface area contributed by atoms with Crippen LogP contribution in [0.2, 0.25) is 0 Å². The Hall–Kier alpha value is -1.69. The molecule has 110 valence electrons. The van der Waals surface area contributed by atoms with E-state index in [1.165, 1.54) is 0 Å². The molecule has 2 aromatic rings. The first-order valence-electron chi connectivity index (χ1n) is 7.28. The molecular weight excluding hydrogens is 252 g/mol. The molecule has 2 rings (SSSR count). The Labute approximate surface area is 120 Å². The summed E-state index contributed by atoms with van der Waals surface area (Å²) in [7, 11) is 0. The molecule has 0 saturated heterocycles. The summed E-state index contributed by atoms with van der Waals surface area (Å²) in [6.07, 6.45) is 4.75. The van der Waals surface area contributed by atoms with Gasteiger partial charge in [-0.2, -0.15) is 10.2 Å². The van der Waals surface area contributed by atoms with Gasteiger partial charge in [0, 0.05) is 19.3 Å². The normalized spacial score (nSPS) is 11.4. The second kappa shape index (κ2) is 7.19. The average Bonchev–Trinajstić information content (AvgIpc) is 3.00. The van der Waals surface area contributed by atoms with E-state index in [2.05, 4.69) is 41.3 Å². The maximum absolute atomic E-state index is 4.55. The SMILES string of the molecule is CCCNCc1ccn(Cc2ncnn2CC(C)C)n1. The van der Waals surface area contributed by atoms with Crippen LogP contribution in [0.5, 0.6) is 0 Å². The Balaban J connectivity index is 1.94. The molecule has 0 unspecified atom stereocenters. The molecule has 0 radical (unpaired) electrons. The van der Waals surface area contributed by atoms with Crippen LogP contribution in [0.3, 0.4) is 0 Å². The van der Waals surface area contributed by atoms with Crippen molar-refractivity contribution in [1.29, 1.82) is 0 Å². The molecule has 0 bridgehead atoms. The summed E-state index contributed by atoms with van der Waals surface area (Å²) < 4.78 is 3.88. The van der Waals surface area contributed by atoms with Crippen LogP contribution in [0.15, 0.2) is 18.6 Å². The molecule has 6 nitrogen and oxygen atoms in total. The van der Waals surface area contributed by atoms with Gasteiger partial charge in [-0.25, -0.2) is 9.67 Å². The lowest BCUT2D eigenvalue weighted by Gasteiger charge is -2.08. The van der Waals surface area contributed by atoms with Gasteiger partial charge in [-0.1, -0.05) is 20.8 Å². The number of rotatable bonds is 8. The van der Waals surface area contributed by atoms with E-state index in [-0.39, 0.29) is 0 Å². The van der Waals surface area contributed by atoms with Crippen LogP contribution in [-0.2, 0) is 19.6 Å². The third kappa shape index (κ3) is 4.16. The van der Waals surface area contributed by atoms with Crippen molar-refractivity contribution in [3.8, 4) is 0 Å². The zero-order valence-electron chi connectivity index (χ0n) is 12.6. The predicted octanol–water partition coefficient (Wildman–Crippen LogP) is 1.68. The maximum Gasteiger partial charge on any atom is 0.148 e. The summed E-state index contributed by atoms with van der Waals surface area (Å²) in [6.45, 7) is 9.91. The zero-order chi connectivity index (χ0) is 14.4. The van der Waals surface area contributed by atoms with E-state index in [0.717, 1.165) is 37.6 Å². The topological polar surface area (TPSA) is 60.6 Å². The Morgan fingerprint density at radius 1 is 1.35 bits per heavy atom. The molecule has 0 saturated carbocycles. The van der Waals surface area contributed by atoms with Gasteiger partial charge in [0.2, 0.25) is 0 Å². The van der Waals surface area contributed by atoms with E-state index in [0.29, 0.717) is 12.5 Å². The summed E-state index contributed by atoms with van der Waals surface area (Å²) in [5.74, 6) is 1.51. The van der Waals surface area contributed by atoms with Crippen molar-refractivity contribution >= 4 is 0 Å². The van der Waals surface area contributed by atoms with Crippen LogP contribution in [-0.4, -0.2) is 31.1 Å². The molecule has 20 heavy (non-hydrogen) atoms. The van der Waals surface area contributed by atoms with Crippen molar-refractivity contribution in [3.63, 3.8) is 0 Å². The Bertz CT molecular complexity index is 513. The molecule has 0 aliphatic carbocycles. The number of hydrogen-bond donors (Lipinski definition) is 1. The third-order valence-electron chi connectivity index (χ3n) is 2.97. The molecule has 6 heteroatoms. The Morgan fingerprint density at radius 3 is 2.95 bits per heavy atom. The van der Waals surface area contributed by atoms with Crippen LogP contribution in [0.4, 0.5) is 0 Å².